The van der Waals surface area contributed by atoms with Crippen LogP contribution in [-0.2, 0) is 5.75 Å². The lowest BCUT2D eigenvalue weighted by Gasteiger charge is -2.31. The summed E-state index contributed by atoms with van der Waals surface area (Å²) in [6.07, 6.45) is 1.86. The first-order valence-corrected chi connectivity index (χ1v) is 12.6. The standard InChI is InChI=1S/C27H25N5OS/c33-26(32-15-13-19(14-16-32)25-28-21-5-1-2-6-22(21)29-25)20-11-9-18(10-12-20)17-34-27-30-23-7-3-4-8-24(23)31-27/h1-12,19H,13-17H2,(H,28,29)(H,30,31). The number of likely N-dealkylation sites (tertiary alicyclic amines) is 1. The lowest BCUT2D eigenvalue weighted by Crippen LogP contribution is -2.38. The Morgan fingerprint density at radius 1 is 0.853 bits per heavy atom. The van der Waals surface area contributed by atoms with Crippen molar-refractivity contribution >= 4 is 39.7 Å². The zero-order chi connectivity index (χ0) is 22.9. The number of imidazole rings is 2. The van der Waals surface area contributed by atoms with Gasteiger partial charge in [-0.25, -0.2) is 9.97 Å². The van der Waals surface area contributed by atoms with E-state index in [1.165, 1.54) is 5.56 Å². The molecule has 1 aliphatic rings. The number of rotatable bonds is 5. The average Bonchev–Trinajstić information content (AvgIpc) is 3.51. The van der Waals surface area contributed by atoms with Gasteiger partial charge in [-0.2, -0.15) is 0 Å². The number of hydrogen-bond donors (Lipinski definition) is 2. The van der Waals surface area contributed by atoms with Crippen LogP contribution in [0.1, 0.15) is 40.5 Å². The van der Waals surface area contributed by atoms with Gasteiger partial charge < -0.3 is 14.9 Å². The maximum absolute atomic E-state index is 13.1. The molecular weight excluding hydrogens is 442 g/mol. The first-order chi connectivity index (χ1) is 16.7. The number of thioether (sulfide) groups is 1. The van der Waals surface area contributed by atoms with Crippen molar-refractivity contribution in [3.8, 4) is 0 Å². The third-order valence-electron chi connectivity index (χ3n) is 6.52. The van der Waals surface area contributed by atoms with Crippen molar-refractivity contribution in [1.82, 2.24) is 24.8 Å². The molecule has 3 heterocycles. The molecule has 2 N–H and O–H groups in total. The number of aromatic amines is 2. The molecule has 0 bridgehead atoms. The largest absolute Gasteiger partial charge is 0.342 e. The average molecular weight is 468 g/mol. The van der Waals surface area contributed by atoms with E-state index in [4.69, 9.17) is 4.98 Å². The zero-order valence-corrected chi connectivity index (χ0v) is 19.5. The van der Waals surface area contributed by atoms with E-state index in [2.05, 4.69) is 21.0 Å². The number of piperidine rings is 1. The number of aromatic nitrogens is 4. The Kier molecular flexibility index (Phi) is 5.55. The molecule has 170 valence electrons. The summed E-state index contributed by atoms with van der Waals surface area (Å²) in [7, 11) is 0. The summed E-state index contributed by atoms with van der Waals surface area (Å²) in [5.74, 6) is 2.32. The summed E-state index contributed by atoms with van der Waals surface area (Å²) in [5.41, 5.74) is 6.04. The molecule has 3 aromatic carbocycles. The van der Waals surface area contributed by atoms with E-state index in [0.29, 0.717) is 5.92 Å². The van der Waals surface area contributed by atoms with Gasteiger partial charge in [0.2, 0.25) is 0 Å². The van der Waals surface area contributed by atoms with Gasteiger partial charge in [0.05, 0.1) is 22.1 Å². The second kappa shape index (κ2) is 8.99. The van der Waals surface area contributed by atoms with Crippen LogP contribution >= 0.6 is 11.8 Å². The van der Waals surface area contributed by atoms with Crippen molar-refractivity contribution in [2.45, 2.75) is 29.7 Å². The molecular formula is C27H25N5OS. The highest BCUT2D eigenvalue weighted by Gasteiger charge is 2.26. The van der Waals surface area contributed by atoms with Gasteiger partial charge in [-0.15, -0.1) is 0 Å². The fourth-order valence-electron chi connectivity index (χ4n) is 4.60. The molecule has 6 rings (SSSR count). The zero-order valence-electron chi connectivity index (χ0n) is 18.7. The van der Waals surface area contributed by atoms with E-state index in [0.717, 1.165) is 70.3 Å². The highest BCUT2D eigenvalue weighted by Crippen LogP contribution is 2.29. The third kappa shape index (κ3) is 4.19. The van der Waals surface area contributed by atoms with Gasteiger partial charge in [0.15, 0.2) is 5.16 Å². The van der Waals surface area contributed by atoms with Crippen LogP contribution in [0.4, 0.5) is 0 Å². The summed E-state index contributed by atoms with van der Waals surface area (Å²) < 4.78 is 0. The Labute approximate surface area is 201 Å². The van der Waals surface area contributed by atoms with Gasteiger partial charge in [-0.1, -0.05) is 48.2 Å². The van der Waals surface area contributed by atoms with Crippen molar-refractivity contribution in [3.05, 3.63) is 89.7 Å². The summed E-state index contributed by atoms with van der Waals surface area (Å²) in [6, 6.07) is 24.2. The van der Waals surface area contributed by atoms with E-state index in [-0.39, 0.29) is 5.91 Å². The Hall–Kier alpha value is -3.58. The first-order valence-electron chi connectivity index (χ1n) is 11.6. The van der Waals surface area contributed by atoms with Crippen LogP contribution < -0.4 is 0 Å². The molecule has 0 unspecified atom stereocenters. The SMILES string of the molecule is O=C(c1ccc(CSc2nc3ccccc3[nH]2)cc1)N1CCC(c2nc3ccccc3[nH]2)CC1. The molecule has 1 amide bonds. The minimum Gasteiger partial charge on any atom is -0.342 e. The Morgan fingerprint density at radius 2 is 1.50 bits per heavy atom. The number of hydrogen-bond acceptors (Lipinski definition) is 4. The Balaban J connectivity index is 1.05. The topological polar surface area (TPSA) is 77.7 Å². The van der Waals surface area contributed by atoms with E-state index in [1.54, 1.807) is 11.8 Å². The normalized spacial score (nSPS) is 14.8. The minimum atomic E-state index is 0.111. The van der Waals surface area contributed by atoms with Crippen molar-refractivity contribution in [3.63, 3.8) is 0 Å². The Bertz CT molecular complexity index is 1380. The first kappa shape index (κ1) is 21.0. The fourth-order valence-corrected chi connectivity index (χ4v) is 5.44. The van der Waals surface area contributed by atoms with Gasteiger partial charge in [-0.05, 0) is 54.8 Å². The third-order valence-corrected chi connectivity index (χ3v) is 7.47. The molecule has 5 aromatic rings. The summed E-state index contributed by atoms with van der Waals surface area (Å²) in [5, 5.41) is 0.911. The lowest BCUT2D eigenvalue weighted by atomic mass is 9.95. The van der Waals surface area contributed by atoms with Gasteiger partial charge in [0, 0.05) is 30.3 Å². The molecule has 0 saturated carbocycles. The monoisotopic (exact) mass is 467 g/mol. The number of fused-ring (bicyclic) bond motifs is 2. The maximum Gasteiger partial charge on any atom is 0.253 e. The van der Waals surface area contributed by atoms with Crippen molar-refractivity contribution in [1.29, 1.82) is 0 Å². The molecule has 1 aliphatic heterocycles. The number of carbonyl (C=O) groups is 1. The van der Waals surface area contributed by atoms with Gasteiger partial charge >= 0.3 is 0 Å². The van der Waals surface area contributed by atoms with Gasteiger partial charge in [0.1, 0.15) is 5.82 Å². The molecule has 6 nitrogen and oxygen atoms in total. The van der Waals surface area contributed by atoms with E-state index in [9.17, 15) is 4.79 Å². The Morgan fingerprint density at radius 3 is 2.18 bits per heavy atom. The predicted octanol–water partition coefficient (Wildman–Crippen LogP) is 5.75. The second-order valence-electron chi connectivity index (χ2n) is 8.75. The number of para-hydroxylation sites is 4. The highest BCUT2D eigenvalue weighted by atomic mass is 32.2. The van der Waals surface area contributed by atoms with E-state index >= 15 is 0 Å². The maximum atomic E-state index is 13.1. The van der Waals surface area contributed by atoms with Crippen LogP contribution in [0, 0.1) is 0 Å². The molecule has 1 saturated heterocycles. The van der Waals surface area contributed by atoms with Gasteiger partial charge in [-0.3, -0.25) is 4.79 Å². The minimum absolute atomic E-state index is 0.111. The van der Waals surface area contributed by atoms with Crippen LogP contribution in [0.15, 0.2) is 78.0 Å². The number of carbonyl (C=O) groups excluding carboxylic acids is 1. The fraction of sp³-hybridized carbons (Fsp3) is 0.222. The van der Waals surface area contributed by atoms with E-state index in [1.807, 2.05) is 71.6 Å². The molecule has 0 aliphatic carbocycles. The summed E-state index contributed by atoms with van der Waals surface area (Å²) in [6.45, 7) is 1.51. The summed E-state index contributed by atoms with van der Waals surface area (Å²) in [4.78, 5) is 31.2. The molecule has 1 fully saturated rings. The van der Waals surface area contributed by atoms with Crippen LogP contribution in [0.3, 0.4) is 0 Å². The molecule has 34 heavy (non-hydrogen) atoms. The van der Waals surface area contributed by atoms with Crippen molar-refractivity contribution in [2.24, 2.45) is 0 Å². The second-order valence-corrected chi connectivity index (χ2v) is 9.71. The number of nitrogens with one attached hydrogen (secondary N) is 2. The molecule has 0 spiro atoms. The summed E-state index contributed by atoms with van der Waals surface area (Å²) >= 11 is 1.67. The van der Waals surface area contributed by atoms with Crippen molar-refractivity contribution < 1.29 is 4.79 Å². The number of nitrogens with zero attached hydrogens (tertiary/aromatic N) is 3. The quantitative estimate of drug-likeness (QED) is 0.323. The number of benzene rings is 3. The molecule has 0 atom stereocenters. The van der Waals surface area contributed by atoms with E-state index < -0.39 is 0 Å². The lowest BCUT2D eigenvalue weighted by molar-refractivity contribution is 0.0711. The predicted molar refractivity (Wildman–Crippen MR) is 136 cm³/mol. The van der Waals surface area contributed by atoms with Crippen molar-refractivity contribution in [2.75, 3.05) is 13.1 Å². The highest BCUT2D eigenvalue weighted by molar-refractivity contribution is 7.98. The van der Waals surface area contributed by atoms with Crippen LogP contribution in [0.5, 0.6) is 0 Å². The number of H-pyrrole nitrogens is 2. The molecule has 2 aromatic heterocycles. The molecule has 0 radical (unpaired) electrons. The number of amides is 1. The molecule has 7 heteroatoms. The van der Waals surface area contributed by atoms with Crippen LogP contribution in [-0.4, -0.2) is 43.8 Å². The van der Waals surface area contributed by atoms with Gasteiger partial charge in [0.25, 0.3) is 5.91 Å². The smallest absolute Gasteiger partial charge is 0.253 e. The van der Waals surface area contributed by atoms with Crippen LogP contribution in [0.25, 0.3) is 22.1 Å². The van der Waals surface area contributed by atoms with Crippen LogP contribution in [0.2, 0.25) is 0 Å².